The molecule has 1 amide bonds. The van der Waals surface area contributed by atoms with Gasteiger partial charge in [-0.2, -0.15) is 0 Å². The van der Waals surface area contributed by atoms with Crippen LogP contribution < -0.4 is 10.1 Å². The molecule has 126 valence electrons. The van der Waals surface area contributed by atoms with Crippen LogP contribution in [0.25, 0.3) is 11.3 Å². The number of amides is 1. The maximum Gasteiger partial charge on any atom is 0.223 e. The highest BCUT2D eigenvalue weighted by Crippen LogP contribution is 2.65. The van der Waals surface area contributed by atoms with Gasteiger partial charge in [0.05, 0.1) is 17.8 Å². The van der Waals surface area contributed by atoms with Gasteiger partial charge in [-0.3, -0.25) is 4.79 Å². The summed E-state index contributed by atoms with van der Waals surface area (Å²) in [6, 6.07) is 7.93. The zero-order valence-corrected chi connectivity index (χ0v) is 14.7. The van der Waals surface area contributed by atoms with Crippen LogP contribution in [0.3, 0.4) is 0 Å². The summed E-state index contributed by atoms with van der Waals surface area (Å²) >= 11 is 1.65. The van der Waals surface area contributed by atoms with Crippen molar-refractivity contribution in [3.8, 4) is 17.0 Å². The summed E-state index contributed by atoms with van der Waals surface area (Å²) in [5.74, 6) is 1.39. The Morgan fingerprint density at radius 2 is 2.17 bits per heavy atom. The summed E-state index contributed by atoms with van der Waals surface area (Å²) in [4.78, 5) is 16.8. The van der Waals surface area contributed by atoms with E-state index in [9.17, 15) is 4.79 Å². The molecular formula is C19H22N2O2S. The molecule has 1 spiro atoms. The lowest BCUT2D eigenvalue weighted by Crippen LogP contribution is -2.30. The summed E-state index contributed by atoms with van der Waals surface area (Å²) < 4.78 is 5.18. The Labute approximate surface area is 146 Å². The number of carbonyl (C=O) groups excluding carboxylic acids is 1. The van der Waals surface area contributed by atoms with Crippen molar-refractivity contribution in [3.63, 3.8) is 0 Å². The lowest BCUT2D eigenvalue weighted by atomic mass is 9.80. The minimum Gasteiger partial charge on any atom is -0.497 e. The van der Waals surface area contributed by atoms with Gasteiger partial charge in [-0.1, -0.05) is 6.42 Å². The van der Waals surface area contributed by atoms with Crippen molar-refractivity contribution >= 4 is 17.2 Å². The third-order valence-corrected chi connectivity index (χ3v) is 6.34. The molecular weight excluding hydrogens is 320 g/mol. The van der Waals surface area contributed by atoms with E-state index in [1.807, 2.05) is 24.3 Å². The van der Waals surface area contributed by atoms with Crippen LogP contribution >= 0.6 is 11.3 Å². The Bertz CT molecular complexity index is 734. The van der Waals surface area contributed by atoms with Gasteiger partial charge in [-0.25, -0.2) is 4.98 Å². The quantitative estimate of drug-likeness (QED) is 0.871. The Balaban J connectivity index is 1.28. The zero-order valence-electron chi connectivity index (χ0n) is 13.9. The second-order valence-corrected chi connectivity index (χ2v) is 7.81. The van der Waals surface area contributed by atoms with E-state index in [0.717, 1.165) is 34.9 Å². The van der Waals surface area contributed by atoms with Gasteiger partial charge in [-0.15, -0.1) is 11.3 Å². The Kier molecular flexibility index (Phi) is 4.04. The first-order valence-electron chi connectivity index (χ1n) is 8.57. The van der Waals surface area contributed by atoms with Crippen LogP contribution in [0.2, 0.25) is 0 Å². The number of nitrogens with one attached hydrogen (secondary N) is 1. The van der Waals surface area contributed by atoms with E-state index in [0.29, 0.717) is 12.0 Å². The predicted octanol–water partition coefficient (Wildman–Crippen LogP) is 3.67. The van der Waals surface area contributed by atoms with Gasteiger partial charge in [-0.05, 0) is 48.9 Å². The molecule has 24 heavy (non-hydrogen) atoms. The van der Waals surface area contributed by atoms with E-state index < -0.39 is 0 Å². The topological polar surface area (TPSA) is 51.2 Å². The molecule has 4 nitrogen and oxygen atoms in total. The molecule has 1 aromatic heterocycles. The lowest BCUT2D eigenvalue weighted by molar-refractivity contribution is -0.123. The second kappa shape index (κ2) is 6.20. The SMILES string of the molecule is COc1ccc(-c2csc(CCNC(=O)[C@@H]3CC34CCC4)n2)cc1. The van der Waals surface area contributed by atoms with Crippen LogP contribution in [0.15, 0.2) is 29.6 Å². The monoisotopic (exact) mass is 342 g/mol. The van der Waals surface area contributed by atoms with E-state index in [2.05, 4.69) is 15.7 Å². The van der Waals surface area contributed by atoms with Crippen LogP contribution in [0.1, 0.15) is 30.7 Å². The van der Waals surface area contributed by atoms with E-state index in [1.54, 1.807) is 18.4 Å². The number of methoxy groups -OCH3 is 1. The fraction of sp³-hybridized carbons (Fsp3) is 0.474. The van der Waals surface area contributed by atoms with Crippen molar-refractivity contribution in [2.75, 3.05) is 13.7 Å². The van der Waals surface area contributed by atoms with Crippen molar-refractivity contribution in [2.45, 2.75) is 32.1 Å². The lowest BCUT2D eigenvalue weighted by Gasteiger charge is -2.26. The third kappa shape index (κ3) is 2.93. The fourth-order valence-corrected chi connectivity index (χ4v) is 4.45. The highest BCUT2D eigenvalue weighted by atomic mass is 32.1. The van der Waals surface area contributed by atoms with Crippen molar-refractivity contribution in [3.05, 3.63) is 34.7 Å². The minimum atomic E-state index is 0.252. The predicted molar refractivity (Wildman–Crippen MR) is 95.2 cm³/mol. The van der Waals surface area contributed by atoms with Gasteiger partial charge in [0, 0.05) is 29.8 Å². The van der Waals surface area contributed by atoms with E-state index in [1.165, 1.54) is 19.3 Å². The molecule has 2 aromatic rings. The summed E-state index contributed by atoms with van der Waals surface area (Å²) in [6.07, 6.45) is 5.71. The smallest absolute Gasteiger partial charge is 0.223 e. The van der Waals surface area contributed by atoms with Crippen molar-refractivity contribution in [1.29, 1.82) is 0 Å². The van der Waals surface area contributed by atoms with Gasteiger partial charge in [0.15, 0.2) is 0 Å². The summed E-state index contributed by atoms with van der Waals surface area (Å²) in [5, 5.41) is 6.23. The van der Waals surface area contributed by atoms with Gasteiger partial charge < -0.3 is 10.1 Å². The summed E-state index contributed by atoms with van der Waals surface area (Å²) in [5.41, 5.74) is 2.49. The van der Waals surface area contributed by atoms with E-state index >= 15 is 0 Å². The summed E-state index contributed by atoms with van der Waals surface area (Å²) in [7, 11) is 1.67. The maximum absolute atomic E-state index is 12.2. The van der Waals surface area contributed by atoms with Crippen molar-refractivity contribution in [1.82, 2.24) is 10.3 Å². The molecule has 0 aliphatic heterocycles. The molecule has 2 aliphatic carbocycles. The largest absolute Gasteiger partial charge is 0.497 e. The maximum atomic E-state index is 12.2. The van der Waals surface area contributed by atoms with Crippen LogP contribution in [0, 0.1) is 11.3 Å². The van der Waals surface area contributed by atoms with Crippen LogP contribution in [0.5, 0.6) is 5.75 Å². The Morgan fingerprint density at radius 3 is 2.79 bits per heavy atom. The zero-order chi connectivity index (χ0) is 16.6. The first-order valence-corrected chi connectivity index (χ1v) is 9.45. The molecule has 4 rings (SSSR count). The normalized spacial score (nSPS) is 20.5. The van der Waals surface area contributed by atoms with Gasteiger partial charge >= 0.3 is 0 Å². The third-order valence-electron chi connectivity index (χ3n) is 5.43. The van der Waals surface area contributed by atoms with Crippen molar-refractivity contribution in [2.24, 2.45) is 11.3 Å². The Hall–Kier alpha value is -1.88. The fourth-order valence-electron chi connectivity index (χ4n) is 3.64. The number of thiazole rings is 1. The average Bonchev–Trinajstić information content (AvgIpc) is 3.20. The molecule has 2 aliphatic rings. The number of benzene rings is 1. The molecule has 1 heterocycles. The van der Waals surface area contributed by atoms with Crippen molar-refractivity contribution < 1.29 is 9.53 Å². The second-order valence-electron chi connectivity index (χ2n) is 6.87. The number of carbonyl (C=O) groups is 1. The molecule has 0 unspecified atom stereocenters. The van der Waals surface area contributed by atoms with E-state index in [-0.39, 0.29) is 11.8 Å². The van der Waals surface area contributed by atoms with Crippen LogP contribution in [0.4, 0.5) is 0 Å². The highest BCUT2D eigenvalue weighted by molar-refractivity contribution is 7.09. The van der Waals surface area contributed by atoms with Crippen LogP contribution in [-0.4, -0.2) is 24.5 Å². The Morgan fingerprint density at radius 1 is 1.38 bits per heavy atom. The number of hydrogen-bond donors (Lipinski definition) is 1. The number of hydrogen-bond acceptors (Lipinski definition) is 4. The summed E-state index contributed by atoms with van der Waals surface area (Å²) in [6.45, 7) is 0.682. The molecule has 2 fully saturated rings. The molecule has 0 bridgehead atoms. The van der Waals surface area contributed by atoms with Gasteiger partial charge in [0.25, 0.3) is 0 Å². The molecule has 5 heteroatoms. The van der Waals surface area contributed by atoms with Gasteiger partial charge in [0.1, 0.15) is 5.75 Å². The van der Waals surface area contributed by atoms with E-state index in [4.69, 9.17) is 4.74 Å². The molecule has 0 saturated heterocycles. The first kappa shape index (κ1) is 15.6. The van der Waals surface area contributed by atoms with Crippen LogP contribution in [-0.2, 0) is 11.2 Å². The van der Waals surface area contributed by atoms with Gasteiger partial charge in [0.2, 0.25) is 5.91 Å². The average molecular weight is 342 g/mol. The number of nitrogens with zero attached hydrogens (tertiary/aromatic N) is 1. The molecule has 1 atom stereocenters. The molecule has 2 saturated carbocycles. The number of rotatable bonds is 6. The number of ether oxygens (including phenoxy) is 1. The molecule has 1 aromatic carbocycles. The minimum absolute atomic E-state index is 0.252. The molecule has 1 N–H and O–H groups in total. The highest BCUT2D eigenvalue weighted by Gasteiger charge is 2.60. The number of aromatic nitrogens is 1. The molecule has 0 radical (unpaired) electrons. The first-order chi connectivity index (χ1) is 11.7. The standard InChI is InChI=1S/C19H22N2O2S/c1-23-14-5-3-13(4-6-14)16-12-24-17(21-16)7-10-20-18(22)15-11-19(15)8-2-9-19/h3-6,12,15H,2,7-11H2,1H3,(H,20,22)/t15-/m0/s1.